The summed E-state index contributed by atoms with van der Waals surface area (Å²) in [4.78, 5) is 16.2. The van der Waals surface area contributed by atoms with E-state index in [1.807, 2.05) is 42.1 Å². The first-order valence-corrected chi connectivity index (χ1v) is 7.86. The minimum absolute atomic E-state index is 0.0585. The van der Waals surface area contributed by atoms with Crippen LogP contribution in [-0.4, -0.2) is 15.5 Å². The zero-order valence-corrected chi connectivity index (χ0v) is 13.2. The number of rotatable bonds is 6. The number of nitrogens with one attached hydrogen (secondary N) is 1. The van der Waals surface area contributed by atoms with Gasteiger partial charge in [0.1, 0.15) is 18.2 Å². The third kappa shape index (κ3) is 4.22. The van der Waals surface area contributed by atoms with Gasteiger partial charge in [-0.1, -0.05) is 12.2 Å². The van der Waals surface area contributed by atoms with Crippen molar-refractivity contribution in [1.29, 1.82) is 0 Å². The molecule has 0 aliphatic heterocycles. The van der Waals surface area contributed by atoms with Crippen molar-refractivity contribution < 1.29 is 9.53 Å². The zero-order chi connectivity index (χ0) is 16.1. The molecule has 120 valence electrons. The van der Waals surface area contributed by atoms with Crippen LogP contribution in [0.4, 0.5) is 5.69 Å². The fourth-order valence-corrected chi connectivity index (χ4v) is 2.63. The summed E-state index contributed by atoms with van der Waals surface area (Å²) in [5.41, 5.74) is 0.793. The van der Waals surface area contributed by atoms with E-state index in [1.165, 1.54) is 0 Å². The average molecular weight is 311 g/mol. The van der Waals surface area contributed by atoms with Gasteiger partial charge >= 0.3 is 0 Å². The Balaban J connectivity index is 1.49. The van der Waals surface area contributed by atoms with Crippen LogP contribution in [0.15, 0.2) is 48.8 Å². The first-order chi connectivity index (χ1) is 11.2. The molecule has 5 nitrogen and oxygen atoms in total. The molecule has 23 heavy (non-hydrogen) atoms. The molecule has 1 heterocycles. The molecule has 3 rings (SSSR count). The molecule has 5 heteroatoms. The summed E-state index contributed by atoms with van der Waals surface area (Å²) in [5.74, 6) is 2.07. The van der Waals surface area contributed by atoms with Gasteiger partial charge in [-0.05, 0) is 43.0 Å². The predicted octanol–water partition coefficient (Wildman–Crippen LogP) is 3.29. The average Bonchev–Trinajstić information content (AvgIpc) is 3.18. The number of anilines is 1. The number of aromatic nitrogens is 2. The highest BCUT2D eigenvalue weighted by Crippen LogP contribution is 2.22. The maximum Gasteiger partial charge on any atom is 0.224 e. The van der Waals surface area contributed by atoms with Gasteiger partial charge in [0, 0.05) is 31.5 Å². The first kappa shape index (κ1) is 15.3. The van der Waals surface area contributed by atoms with Crippen molar-refractivity contribution in [3.8, 4) is 5.75 Å². The number of hydrogen-bond donors (Lipinski definition) is 1. The molecule has 1 unspecified atom stereocenters. The van der Waals surface area contributed by atoms with E-state index >= 15 is 0 Å². The molecule has 0 saturated carbocycles. The second-order valence-electron chi connectivity index (χ2n) is 5.79. The van der Waals surface area contributed by atoms with E-state index in [0.29, 0.717) is 18.9 Å². The summed E-state index contributed by atoms with van der Waals surface area (Å²) in [6, 6.07) is 7.42. The number of benzene rings is 1. The highest BCUT2D eigenvalue weighted by Gasteiger charge is 2.14. The summed E-state index contributed by atoms with van der Waals surface area (Å²) in [7, 11) is 1.93. The van der Waals surface area contributed by atoms with Crippen LogP contribution in [0.25, 0.3) is 0 Å². The van der Waals surface area contributed by atoms with E-state index < -0.39 is 0 Å². The van der Waals surface area contributed by atoms with Crippen LogP contribution in [-0.2, 0) is 18.4 Å². The molecule has 1 aromatic carbocycles. The molecule has 1 aliphatic carbocycles. The molecular formula is C18H21N3O2. The van der Waals surface area contributed by atoms with E-state index in [0.717, 1.165) is 30.1 Å². The maximum absolute atomic E-state index is 12.0. The zero-order valence-electron chi connectivity index (χ0n) is 13.2. The monoisotopic (exact) mass is 311 g/mol. The van der Waals surface area contributed by atoms with E-state index in [4.69, 9.17) is 4.74 Å². The molecule has 1 aliphatic rings. The Morgan fingerprint density at radius 2 is 2.22 bits per heavy atom. The fourth-order valence-electron chi connectivity index (χ4n) is 2.63. The maximum atomic E-state index is 12.0. The minimum atomic E-state index is 0.0585. The van der Waals surface area contributed by atoms with Crippen molar-refractivity contribution in [1.82, 2.24) is 9.55 Å². The van der Waals surface area contributed by atoms with Gasteiger partial charge in [-0.15, -0.1) is 0 Å². The van der Waals surface area contributed by atoms with Crippen molar-refractivity contribution >= 4 is 11.6 Å². The van der Waals surface area contributed by atoms with Crippen LogP contribution in [0.2, 0.25) is 0 Å². The van der Waals surface area contributed by atoms with Crippen LogP contribution >= 0.6 is 0 Å². The molecule has 1 amide bonds. The smallest absolute Gasteiger partial charge is 0.224 e. The lowest BCUT2D eigenvalue weighted by molar-refractivity contribution is -0.116. The van der Waals surface area contributed by atoms with Crippen LogP contribution < -0.4 is 10.1 Å². The van der Waals surface area contributed by atoms with Gasteiger partial charge in [-0.2, -0.15) is 0 Å². The summed E-state index contributed by atoms with van der Waals surface area (Å²) in [6.07, 6.45) is 10.6. The third-order valence-electron chi connectivity index (χ3n) is 3.99. The number of nitrogens with zero attached hydrogens (tertiary/aromatic N) is 2. The summed E-state index contributed by atoms with van der Waals surface area (Å²) in [5, 5.41) is 2.93. The van der Waals surface area contributed by atoms with E-state index in [1.54, 1.807) is 6.20 Å². The molecule has 0 radical (unpaired) electrons. The van der Waals surface area contributed by atoms with E-state index in [9.17, 15) is 4.79 Å². The standard InChI is InChI=1S/C18H21N3O2/c1-21-11-10-19-17(21)13-23-16-8-6-15(7-9-16)20-18(22)12-14-4-2-3-5-14/h2,4,6-11,14H,3,5,12-13H2,1H3,(H,20,22). The normalized spacial score (nSPS) is 16.5. The van der Waals surface area contributed by atoms with Gasteiger partial charge in [-0.3, -0.25) is 4.79 Å². The van der Waals surface area contributed by atoms with Crippen molar-refractivity contribution in [3.63, 3.8) is 0 Å². The Hall–Kier alpha value is -2.56. The van der Waals surface area contributed by atoms with E-state index in [-0.39, 0.29) is 5.91 Å². The molecule has 0 spiro atoms. The molecule has 2 aromatic rings. The van der Waals surface area contributed by atoms with Gasteiger partial charge in [0.2, 0.25) is 5.91 Å². The van der Waals surface area contributed by atoms with Crippen molar-refractivity contribution in [2.75, 3.05) is 5.32 Å². The molecule has 0 saturated heterocycles. The van der Waals surface area contributed by atoms with Gasteiger partial charge in [0.05, 0.1) is 0 Å². The second-order valence-corrected chi connectivity index (χ2v) is 5.79. The van der Waals surface area contributed by atoms with Crippen LogP contribution in [0.5, 0.6) is 5.75 Å². The third-order valence-corrected chi connectivity index (χ3v) is 3.99. The first-order valence-electron chi connectivity index (χ1n) is 7.86. The number of amides is 1. The molecule has 1 N–H and O–H groups in total. The number of aryl methyl sites for hydroxylation is 1. The molecule has 0 fully saturated rings. The van der Waals surface area contributed by atoms with Crippen molar-refractivity contribution in [2.24, 2.45) is 13.0 Å². The largest absolute Gasteiger partial charge is 0.486 e. The minimum Gasteiger partial charge on any atom is -0.486 e. The number of allylic oxidation sites excluding steroid dienone is 2. The number of carbonyl (C=O) groups excluding carboxylic acids is 1. The van der Waals surface area contributed by atoms with Crippen LogP contribution in [0.1, 0.15) is 25.1 Å². The lowest BCUT2D eigenvalue weighted by Gasteiger charge is -2.10. The lowest BCUT2D eigenvalue weighted by Crippen LogP contribution is -2.14. The SMILES string of the molecule is Cn1ccnc1COc1ccc(NC(=O)CC2C=CCC2)cc1. The van der Waals surface area contributed by atoms with E-state index in [2.05, 4.69) is 22.5 Å². The Bertz CT molecular complexity index is 689. The molecule has 0 bridgehead atoms. The van der Waals surface area contributed by atoms with Gasteiger partial charge in [0.25, 0.3) is 0 Å². The predicted molar refractivity (Wildman–Crippen MR) is 89.1 cm³/mol. The highest BCUT2D eigenvalue weighted by atomic mass is 16.5. The summed E-state index contributed by atoms with van der Waals surface area (Å²) >= 11 is 0. The van der Waals surface area contributed by atoms with Crippen molar-refractivity contribution in [3.05, 3.63) is 54.6 Å². The van der Waals surface area contributed by atoms with Gasteiger partial charge in [-0.25, -0.2) is 4.98 Å². The molecule has 1 atom stereocenters. The number of hydrogen-bond acceptors (Lipinski definition) is 3. The summed E-state index contributed by atoms with van der Waals surface area (Å²) < 4.78 is 7.62. The van der Waals surface area contributed by atoms with Crippen LogP contribution in [0.3, 0.4) is 0 Å². The van der Waals surface area contributed by atoms with Gasteiger partial charge < -0.3 is 14.6 Å². The Morgan fingerprint density at radius 1 is 1.39 bits per heavy atom. The Morgan fingerprint density at radius 3 is 2.87 bits per heavy atom. The molecular weight excluding hydrogens is 290 g/mol. The second kappa shape index (κ2) is 7.13. The topological polar surface area (TPSA) is 56.1 Å². The van der Waals surface area contributed by atoms with Crippen LogP contribution in [0, 0.1) is 5.92 Å². The number of carbonyl (C=O) groups is 1. The fraction of sp³-hybridized carbons (Fsp3) is 0.333. The van der Waals surface area contributed by atoms with Crippen molar-refractivity contribution in [2.45, 2.75) is 25.9 Å². The lowest BCUT2D eigenvalue weighted by atomic mass is 10.1. The quantitative estimate of drug-likeness (QED) is 0.833. The summed E-state index contributed by atoms with van der Waals surface area (Å²) in [6.45, 7) is 0.420. The number of imidazole rings is 1. The molecule has 1 aromatic heterocycles. The Kier molecular flexibility index (Phi) is 4.76. The Labute approximate surface area is 136 Å². The number of ether oxygens (including phenoxy) is 1. The highest BCUT2D eigenvalue weighted by molar-refractivity contribution is 5.91. The van der Waals surface area contributed by atoms with Gasteiger partial charge in [0.15, 0.2) is 0 Å².